The molecule has 0 aliphatic heterocycles. The Morgan fingerprint density at radius 3 is 1.54 bits per heavy atom. The summed E-state index contributed by atoms with van der Waals surface area (Å²) in [6.07, 6.45) is 3.55. The van der Waals surface area contributed by atoms with Crippen molar-refractivity contribution in [1.29, 1.82) is 0 Å². The average Bonchev–Trinajstić information content (AvgIpc) is 3.24. The third kappa shape index (κ3) is 5.76. The van der Waals surface area contributed by atoms with Crippen molar-refractivity contribution in [3.63, 3.8) is 0 Å². The number of hydrogen-bond acceptors (Lipinski definition) is 4. The maximum absolute atomic E-state index is 6.12. The van der Waals surface area contributed by atoms with E-state index in [4.69, 9.17) is 9.47 Å². The van der Waals surface area contributed by atoms with Gasteiger partial charge in [-0.05, 0) is 26.0 Å². The lowest BCUT2D eigenvalue weighted by atomic mass is 10.4. The topological polar surface area (TPSA) is 54.1 Å². The van der Waals surface area contributed by atoms with Gasteiger partial charge in [-0.1, -0.05) is 45.9 Å². The number of aromatic nitrogens is 4. The van der Waals surface area contributed by atoms with Gasteiger partial charge in [0.05, 0.1) is 40.7 Å². The predicted molar refractivity (Wildman–Crippen MR) is 119 cm³/mol. The van der Waals surface area contributed by atoms with Gasteiger partial charge in [-0.2, -0.15) is 10.2 Å². The maximum atomic E-state index is 6.12. The average molecular weight is 421 g/mol. The highest BCUT2D eigenvalue weighted by molar-refractivity contribution is 6.77. The van der Waals surface area contributed by atoms with Crippen LogP contribution in [0.5, 0.6) is 0 Å². The molecule has 8 heteroatoms. The van der Waals surface area contributed by atoms with E-state index in [-0.39, 0.29) is 11.5 Å². The van der Waals surface area contributed by atoms with Gasteiger partial charge in [0.1, 0.15) is 5.82 Å². The van der Waals surface area contributed by atoms with E-state index >= 15 is 0 Å². The second kappa shape index (κ2) is 8.90. The Labute approximate surface area is 171 Å². The smallest absolute Gasteiger partial charge is 0.148 e. The predicted octanol–water partition coefficient (Wildman–Crippen LogP) is 4.44. The van der Waals surface area contributed by atoms with E-state index in [0.29, 0.717) is 19.0 Å². The molecule has 2 rings (SSSR count). The van der Waals surface area contributed by atoms with E-state index in [1.807, 2.05) is 12.1 Å². The van der Waals surface area contributed by atoms with E-state index < -0.39 is 16.1 Å². The van der Waals surface area contributed by atoms with Gasteiger partial charge in [-0.15, -0.1) is 0 Å². The molecule has 2 heterocycles. The van der Waals surface area contributed by atoms with Crippen molar-refractivity contribution < 1.29 is 9.47 Å². The highest BCUT2D eigenvalue weighted by atomic mass is 28.3. The highest BCUT2D eigenvalue weighted by Crippen LogP contribution is 2.17. The van der Waals surface area contributed by atoms with Gasteiger partial charge in [-0.25, -0.2) is 9.36 Å². The lowest BCUT2D eigenvalue weighted by Crippen LogP contribution is -2.38. The first-order valence-electron chi connectivity index (χ1n) is 9.90. The van der Waals surface area contributed by atoms with Crippen LogP contribution in [0.2, 0.25) is 39.3 Å². The minimum atomic E-state index is -1.34. The Bertz CT molecular complexity index is 722. The second-order valence-corrected chi connectivity index (χ2v) is 20.6. The van der Waals surface area contributed by atoms with Crippen LogP contribution in [0.4, 0.5) is 0 Å². The zero-order valence-corrected chi connectivity index (χ0v) is 20.7. The fraction of sp³-hybridized carbons (Fsp3) is 0.600. The van der Waals surface area contributed by atoms with Crippen molar-refractivity contribution in [1.82, 2.24) is 19.6 Å². The van der Waals surface area contributed by atoms with Crippen LogP contribution in [0.15, 0.2) is 31.1 Å². The fourth-order valence-electron chi connectivity index (χ4n) is 2.36. The first-order chi connectivity index (χ1) is 12.9. The standard InChI is InChI=1S/C20H36N4O2Si2/c1-16(23-19(10-12-21-23)14-25-17(2)27(4,5)6)24-20(11-13-22-24)15-26-18(3)28(7,8)9/h10-13,17-18H,1,14-15H2,2-9H3. The normalized spacial score (nSPS) is 14.9. The summed E-state index contributed by atoms with van der Waals surface area (Å²) >= 11 is 0. The summed E-state index contributed by atoms with van der Waals surface area (Å²) in [5, 5.41) is 8.88. The van der Waals surface area contributed by atoms with Gasteiger partial charge in [0.25, 0.3) is 0 Å². The van der Waals surface area contributed by atoms with Crippen molar-refractivity contribution in [3.05, 3.63) is 48.3 Å². The molecule has 2 aromatic heterocycles. The Morgan fingerprint density at radius 1 is 0.857 bits per heavy atom. The largest absolute Gasteiger partial charge is 0.376 e. The lowest BCUT2D eigenvalue weighted by molar-refractivity contribution is 0.0910. The van der Waals surface area contributed by atoms with Crippen molar-refractivity contribution in [3.8, 4) is 0 Å². The lowest BCUT2D eigenvalue weighted by Gasteiger charge is -2.26. The Morgan fingerprint density at radius 2 is 1.21 bits per heavy atom. The van der Waals surface area contributed by atoms with E-state index in [0.717, 1.165) is 11.4 Å². The van der Waals surface area contributed by atoms with Gasteiger partial charge in [0.2, 0.25) is 0 Å². The van der Waals surface area contributed by atoms with Crippen LogP contribution in [-0.4, -0.2) is 47.2 Å². The molecule has 0 aliphatic carbocycles. The molecular weight excluding hydrogens is 384 g/mol. The maximum Gasteiger partial charge on any atom is 0.148 e. The van der Waals surface area contributed by atoms with Crippen LogP contribution in [0.25, 0.3) is 0 Å². The molecule has 6 nitrogen and oxygen atoms in total. The van der Waals surface area contributed by atoms with Crippen LogP contribution in [-0.2, 0) is 22.7 Å². The van der Waals surface area contributed by atoms with Gasteiger partial charge < -0.3 is 9.47 Å². The van der Waals surface area contributed by atoms with Crippen LogP contribution < -0.4 is 0 Å². The van der Waals surface area contributed by atoms with Crippen molar-refractivity contribution in [2.24, 2.45) is 0 Å². The Hall–Kier alpha value is -1.49. The van der Waals surface area contributed by atoms with Crippen molar-refractivity contribution >= 4 is 16.1 Å². The molecule has 0 fully saturated rings. The van der Waals surface area contributed by atoms with E-state index in [9.17, 15) is 0 Å². The molecule has 0 aliphatic rings. The van der Waals surface area contributed by atoms with Gasteiger partial charge in [0.15, 0.2) is 0 Å². The number of ether oxygens (including phenoxy) is 2. The SMILES string of the molecule is C=C(n1nccc1COC(C)[Si](C)(C)C)n1nccc1COC(C)[Si](C)(C)C. The third-order valence-electron chi connectivity index (χ3n) is 5.33. The molecule has 0 aromatic carbocycles. The van der Waals surface area contributed by atoms with Gasteiger partial charge in [0, 0.05) is 23.8 Å². The van der Waals surface area contributed by atoms with E-state index in [1.54, 1.807) is 21.8 Å². The summed E-state index contributed by atoms with van der Waals surface area (Å²) in [5.74, 6) is 0.675. The van der Waals surface area contributed by atoms with Crippen LogP contribution in [0.1, 0.15) is 25.2 Å². The molecule has 2 aromatic rings. The summed E-state index contributed by atoms with van der Waals surface area (Å²) < 4.78 is 15.8. The first kappa shape index (κ1) is 22.8. The highest BCUT2D eigenvalue weighted by Gasteiger charge is 2.25. The summed E-state index contributed by atoms with van der Waals surface area (Å²) in [6.45, 7) is 23.4. The molecule has 2 unspecified atom stereocenters. The molecule has 0 bridgehead atoms. The summed E-state index contributed by atoms with van der Waals surface area (Å²) in [4.78, 5) is 0. The van der Waals surface area contributed by atoms with E-state index in [1.165, 1.54) is 0 Å². The van der Waals surface area contributed by atoms with E-state index in [2.05, 4.69) is 69.9 Å². The summed E-state index contributed by atoms with van der Waals surface area (Å²) in [7, 11) is -2.69. The minimum absolute atomic E-state index is 0.265. The molecule has 0 amide bonds. The van der Waals surface area contributed by atoms with Gasteiger partial charge in [-0.3, -0.25) is 0 Å². The van der Waals surface area contributed by atoms with Crippen LogP contribution in [0.3, 0.4) is 0 Å². The molecule has 0 spiro atoms. The number of hydrogen-bond donors (Lipinski definition) is 0. The zero-order chi connectivity index (χ0) is 21.1. The molecule has 28 heavy (non-hydrogen) atoms. The fourth-order valence-corrected chi connectivity index (χ4v) is 3.52. The molecule has 0 N–H and O–H groups in total. The Kier molecular flexibility index (Phi) is 7.24. The molecule has 0 radical (unpaired) electrons. The first-order valence-corrected chi connectivity index (χ1v) is 17.1. The summed E-state index contributed by atoms with van der Waals surface area (Å²) in [6, 6.07) is 3.93. The zero-order valence-electron chi connectivity index (χ0n) is 18.7. The molecular formula is C20H36N4O2Si2. The van der Waals surface area contributed by atoms with Crippen molar-refractivity contribution in [2.45, 2.75) is 77.8 Å². The monoisotopic (exact) mass is 420 g/mol. The Balaban J connectivity index is 2.10. The second-order valence-electron chi connectivity index (χ2n) is 9.52. The van der Waals surface area contributed by atoms with Crippen LogP contribution in [0, 0.1) is 5.82 Å². The molecule has 0 saturated heterocycles. The minimum Gasteiger partial charge on any atom is -0.376 e. The quantitative estimate of drug-likeness (QED) is 0.533. The number of nitrogens with zero attached hydrogens (tertiary/aromatic N) is 4. The number of rotatable bonds is 10. The van der Waals surface area contributed by atoms with Crippen LogP contribution >= 0.6 is 0 Å². The molecule has 156 valence electrons. The summed E-state index contributed by atoms with van der Waals surface area (Å²) in [5.41, 5.74) is 2.46. The third-order valence-corrected chi connectivity index (χ3v) is 10.5. The molecule has 0 saturated carbocycles. The van der Waals surface area contributed by atoms with Gasteiger partial charge >= 0.3 is 0 Å². The molecule has 2 atom stereocenters. The van der Waals surface area contributed by atoms with Crippen molar-refractivity contribution in [2.75, 3.05) is 0 Å².